The highest BCUT2D eigenvalue weighted by Gasteiger charge is 2.19. The monoisotopic (exact) mass is 349 g/mol. The molecule has 0 fully saturated rings. The van der Waals surface area contributed by atoms with Crippen LogP contribution in [-0.2, 0) is 16.0 Å². The molecule has 0 saturated carbocycles. The van der Waals surface area contributed by atoms with E-state index in [1.54, 1.807) is 0 Å². The fraction of sp³-hybridized carbons (Fsp3) is 0.273. The van der Waals surface area contributed by atoms with Gasteiger partial charge in [-0.1, -0.05) is 54.6 Å². The molecule has 0 atom stereocenters. The largest absolute Gasteiger partial charge is 0.478 e. The van der Waals surface area contributed by atoms with Crippen molar-refractivity contribution in [3.05, 3.63) is 71.4 Å². The van der Waals surface area contributed by atoms with E-state index in [0.717, 1.165) is 24.0 Å². The number of carboxylic acid groups (broad SMARTS) is 1. The van der Waals surface area contributed by atoms with Crippen molar-refractivity contribution >= 4 is 11.9 Å². The Labute approximate surface area is 153 Å². The molecule has 1 aliphatic carbocycles. The van der Waals surface area contributed by atoms with E-state index in [9.17, 15) is 14.7 Å². The number of hydrogen-bond donors (Lipinski definition) is 2. The minimum atomic E-state index is -0.920. The van der Waals surface area contributed by atoms with E-state index in [0.29, 0.717) is 37.0 Å². The topological polar surface area (TPSA) is 66.4 Å². The summed E-state index contributed by atoms with van der Waals surface area (Å²) < 4.78 is 0. The first-order valence-corrected chi connectivity index (χ1v) is 9.03. The summed E-state index contributed by atoms with van der Waals surface area (Å²) in [4.78, 5) is 23.5. The van der Waals surface area contributed by atoms with Crippen LogP contribution in [0.5, 0.6) is 0 Å². The molecule has 0 saturated heterocycles. The molecule has 2 aromatic rings. The molecule has 1 aliphatic rings. The summed E-state index contributed by atoms with van der Waals surface area (Å²) in [5.41, 5.74) is 4.36. The van der Waals surface area contributed by atoms with Gasteiger partial charge in [0.15, 0.2) is 0 Å². The molecule has 4 nitrogen and oxygen atoms in total. The molecular formula is C22H23NO3. The molecule has 0 spiro atoms. The van der Waals surface area contributed by atoms with Gasteiger partial charge in [0.2, 0.25) is 5.91 Å². The van der Waals surface area contributed by atoms with E-state index in [2.05, 4.69) is 29.6 Å². The Kier molecular flexibility index (Phi) is 5.84. The summed E-state index contributed by atoms with van der Waals surface area (Å²) in [7, 11) is 0. The maximum absolute atomic E-state index is 12.2. The Morgan fingerprint density at radius 3 is 2.23 bits per heavy atom. The smallest absolute Gasteiger partial charge is 0.333 e. The zero-order chi connectivity index (χ0) is 18.4. The molecule has 0 unspecified atom stereocenters. The summed E-state index contributed by atoms with van der Waals surface area (Å²) in [6.07, 6.45) is 3.95. The standard InChI is InChI=1S/C22H23NO3/c24-21(23-20-9-5-4-8-19(20)22(25)26)15-12-16-10-13-18(14-11-16)17-6-2-1-3-7-17/h1-3,6-7,10-11,13-14H,4-5,8-9,12,15H2,(H,23,24)(H,25,26). The van der Waals surface area contributed by atoms with Crippen LogP contribution in [0.3, 0.4) is 0 Å². The number of rotatable bonds is 6. The molecule has 134 valence electrons. The number of benzene rings is 2. The molecule has 2 aromatic carbocycles. The van der Waals surface area contributed by atoms with Crippen molar-refractivity contribution < 1.29 is 14.7 Å². The van der Waals surface area contributed by atoms with E-state index in [-0.39, 0.29) is 5.91 Å². The third kappa shape index (κ3) is 4.60. The van der Waals surface area contributed by atoms with Crippen molar-refractivity contribution in [3.63, 3.8) is 0 Å². The second-order valence-corrected chi connectivity index (χ2v) is 6.58. The maximum Gasteiger partial charge on any atom is 0.333 e. The number of allylic oxidation sites excluding steroid dienone is 1. The van der Waals surface area contributed by atoms with Crippen molar-refractivity contribution in [2.75, 3.05) is 0 Å². The minimum absolute atomic E-state index is 0.118. The second kappa shape index (κ2) is 8.48. The number of aryl methyl sites for hydroxylation is 1. The molecule has 0 heterocycles. The van der Waals surface area contributed by atoms with Gasteiger partial charge in [-0.3, -0.25) is 4.79 Å². The highest BCUT2D eigenvalue weighted by atomic mass is 16.4. The van der Waals surface area contributed by atoms with Gasteiger partial charge in [-0.05, 0) is 48.8 Å². The molecule has 0 aliphatic heterocycles. The van der Waals surface area contributed by atoms with Crippen molar-refractivity contribution in [3.8, 4) is 11.1 Å². The maximum atomic E-state index is 12.2. The Morgan fingerprint density at radius 1 is 0.885 bits per heavy atom. The Balaban J connectivity index is 1.57. The molecule has 2 N–H and O–H groups in total. The number of hydrogen-bond acceptors (Lipinski definition) is 2. The first-order valence-electron chi connectivity index (χ1n) is 9.03. The van der Waals surface area contributed by atoms with Crippen LogP contribution in [0.2, 0.25) is 0 Å². The summed E-state index contributed by atoms with van der Waals surface area (Å²) >= 11 is 0. The van der Waals surface area contributed by atoms with Crippen molar-refractivity contribution in [1.29, 1.82) is 0 Å². The Morgan fingerprint density at radius 2 is 1.54 bits per heavy atom. The number of aliphatic carboxylic acids is 1. The average Bonchev–Trinajstić information content (AvgIpc) is 2.68. The van der Waals surface area contributed by atoms with E-state index >= 15 is 0 Å². The van der Waals surface area contributed by atoms with Gasteiger partial charge in [-0.25, -0.2) is 4.79 Å². The van der Waals surface area contributed by atoms with Gasteiger partial charge in [0.25, 0.3) is 0 Å². The fourth-order valence-corrected chi connectivity index (χ4v) is 3.26. The van der Waals surface area contributed by atoms with Gasteiger partial charge in [-0.2, -0.15) is 0 Å². The number of carbonyl (C=O) groups excluding carboxylic acids is 1. The van der Waals surface area contributed by atoms with Crippen LogP contribution < -0.4 is 5.32 Å². The molecular weight excluding hydrogens is 326 g/mol. The lowest BCUT2D eigenvalue weighted by molar-refractivity contribution is -0.133. The fourth-order valence-electron chi connectivity index (χ4n) is 3.26. The summed E-state index contributed by atoms with van der Waals surface area (Å²) in [6.45, 7) is 0. The van der Waals surface area contributed by atoms with Crippen LogP contribution in [-0.4, -0.2) is 17.0 Å². The molecule has 26 heavy (non-hydrogen) atoms. The number of amides is 1. The SMILES string of the molecule is O=C(CCc1ccc(-c2ccccc2)cc1)NC1=C(C(=O)O)CCCC1. The van der Waals surface area contributed by atoms with Gasteiger partial charge in [0, 0.05) is 12.1 Å². The van der Waals surface area contributed by atoms with Crippen LogP contribution in [0, 0.1) is 0 Å². The highest BCUT2D eigenvalue weighted by molar-refractivity contribution is 5.89. The van der Waals surface area contributed by atoms with Gasteiger partial charge < -0.3 is 10.4 Å². The summed E-state index contributed by atoms with van der Waals surface area (Å²) in [5.74, 6) is -1.04. The first kappa shape index (κ1) is 17.9. The van der Waals surface area contributed by atoms with Crippen LogP contribution in [0.15, 0.2) is 65.9 Å². The third-order valence-electron chi connectivity index (χ3n) is 4.72. The van der Waals surface area contributed by atoms with Crippen LogP contribution >= 0.6 is 0 Å². The summed E-state index contributed by atoms with van der Waals surface area (Å²) in [6, 6.07) is 18.4. The third-order valence-corrected chi connectivity index (χ3v) is 4.72. The van der Waals surface area contributed by atoms with Gasteiger partial charge >= 0.3 is 5.97 Å². The lowest BCUT2D eigenvalue weighted by Gasteiger charge is -2.18. The van der Waals surface area contributed by atoms with Gasteiger partial charge in [0.1, 0.15) is 0 Å². The highest BCUT2D eigenvalue weighted by Crippen LogP contribution is 2.23. The summed E-state index contributed by atoms with van der Waals surface area (Å²) in [5, 5.41) is 12.1. The lowest BCUT2D eigenvalue weighted by Crippen LogP contribution is -2.27. The predicted molar refractivity (Wildman–Crippen MR) is 101 cm³/mol. The first-order chi connectivity index (χ1) is 12.6. The predicted octanol–water partition coefficient (Wildman–Crippen LogP) is 4.32. The number of nitrogens with one attached hydrogen (secondary N) is 1. The molecule has 0 aromatic heterocycles. The number of carboxylic acids is 1. The average molecular weight is 349 g/mol. The van der Waals surface area contributed by atoms with Gasteiger partial charge in [-0.15, -0.1) is 0 Å². The van der Waals surface area contributed by atoms with Crippen molar-refractivity contribution in [2.24, 2.45) is 0 Å². The lowest BCUT2D eigenvalue weighted by atomic mass is 9.96. The molecule has 1 amide bonds. The minimum Gasteiger partial charge on any atom is -0.478 e. The molecule has 0 radical (unpaired) electrons. The normalized spacial score (nSPS) is 14.2. The Bertz CT molecular complexity index is 807. The van der Waals surface area contributed by atoms with E-state index < -0.39 is 5.97 Å². The quantitative estimate of drug-likeness (QED) is 0.816. The van der Waals surface area contributed by atoms with Gasteiger partial charge in [0.05, 0.1) is 5.57 Å². The molecule has 0 bridgehead atoms. The molecule has 3 rings (SSSR count). The van der Waals surface area contributed by atoms with Crippen molar-refractivity contribution in [2.45, 2.75) is 38.5 Å². The molecule has 4 heteroatoms. The zero-order valence-electron chi connectivity index (χ0n) is 14.7. The van der Waals surface area contributed by atoms with E-state index in [4.69, 9.17) is 0 Å². The van der Waals surface area contributed by atoms with E-state index in [1.807, 2.05) is 30.3 Å². The van der Waals surface area contributed by atoms with Crippen LogP contribution in [0.25, 0.3) is 11.1 Å². The van der Waals surface area contributed by atoms with E-state index in [1.165, 1.54) is 5.56 Å². The van der Waals surface area contributed by atoms with Crippen molar-refractivity contribution in [1.82, 2.24) is 5.32 Å². The number of carbonyl (C=O) groups is 2. The van der Waals surface area contributed by atoms with Crippen LogP contribution in [0.4, 0.5) is 0 Å². The Hall–Kier alpha value is -2.88. The second-order valence-electron chi connectivity index (χ2n) is 6.58. The van der Waals surface area contributed by atoms with Crippen LogP contribution in [0.1, 0.15) is 37.7 Å². The zero-order valence-corrected chi connectivity index (χ0v) is 14.7.